The molecule has 0 heterocycles. The van der Waals surface area contributed by atoms with Crippen molar-refractivity contribution >= 4 is 23.3 Å². The van der Waals surface area contributed by atoms with Crippen molar-refractivity contribution in [2.45, 2.75) is 120 Å². The number of fused-ring (bicyclic) bond motifs is 3. The Morgan fingerprint density at radius 3 is 1.91 bits per heavy atom. The van der Waals surface area contributed by atoms with Gasteiger partial charge in [-0.3, -0.25) is 14.9 Å². The third-order valence-electron chi connectivity index (χ3n) is 5.95. The highest BCUT2D eigenvalue weighted by atomic mass is 16.7. The first-order valence-electron chi connectivity index (χ1n) is 16.3. The lowest BCUT2D eigenvalue weighted by atomic mass is 9.92. The minimum absolute atomic E-state index is 0.000823. The lowest BCUT2D eigenvalue weighted by molar-refractivity contribution is -0.384. The van der Waals surface area contributed by atoms with Crippen molar-refractivity contribution in [1.29, 1.82) is 0 Å². The number of oxime groups is 1. The normalized spacial score (nSPS) is 12.2. The van der Waals surface area contributed by atoms with Gasteiger partial charge in [0.15, 0.2) is 0 Å². The fraction of sp³-hybridized carbons (Fsp3) is 0.541. The van der Waals surface area contributed by atoms with Crippen LogP contribution < -0.4 is 0 Å². The molecule has 0 spiro atoms. The van der Waals surface area contributed by atoms with Crippen molar-refractivity contribution in [3.8, 4) is 24.0 Å². The molecule has 0 saturated heterocycles. The summed E-state index contributed by atoms with van der Waals surface area (Å²) in [4.78, 5) is 40.3. The second-order valence-electron chi connectivity index (χ2n) is 10.5. The van der Waals surface area contributed by atoms with E-state index in [0.717, 1.165) is 40.7 Å². The van der Waals surface area contributed by atoms with Gasteiger partial charge in [-0.2, -0.15) is 0 Å². The summed E-state index contributed by atoms with van der Waals surface area (Å²) in [7, 11) is 0. The average Bonchev–Trinajstić information content (AvgIpc) is 3.34. The highest BCUT2D eigenvalue weighted by Gasteiger charge is 2.30. The highest BCUT2D eigenvalue weighted by Crippen LogP contribution is 2.47. The standard InChI is InChI=1S/C27H32N2O6.2C3H8.C2H6.C2H2/c1-5-13-34-26(30)12-11-25(28-35-27(31)14-17(3)4)18-7-9-21-22-10-8-19(29(32)33)16-24(22)20(6-2)23(21)15-18;2*1-3-2;2*1-2/h7-10,15-17,20H,5-6,11-14H2,1-4H3;2*3H2,1-2H3;1-2H3;1-2H. The van der Waals surface area contributed by atoms with Gasteiger partial charge in [0.05, 0.1) is 30.1 Å². The SMILES string of the molecule is C#C.CC.CCC.CCC.CCCOC(=O)CCC(=NOC(=O)CC(C)C)c1ccc2c(c1)C(CC)c1cc([N+](=O)[O-])ccc1-2. The summed E-state index contributed by atoms with van der Waals surface area (Å²) < 4.78 is 5.18. The number of non-ortho nitro benzene ring substituents is 1. The van der Waals surface area contributed by atoms with Gasteiger partial charge in [0, 0.05) is 24.5 Å². The fourth-order valence-corrected chi connectivity index (χ4v) is 4.31. The Balaban J connectivity index is 0. The van der Waals surface area contributed by atoms with E-state index in [4.69, 9.17) is 9.57 Å². The summed E-state index contributed by atoms with van der Waals surface area (Å²) in [5.74, 6) is -0.629. The van der Waals surface area contributed by atoms with Gasteiger partial charge in [-0.05, 0) is 58.7 Å². The lowest BCUT2D eigenvalue weighted by Gasteiger charge is -2.13. The van der Waals surface area contributed by atoms with Crippen LogP contribution in [0.2, 0.25) is 0 Å². The first kappa shape index (κ1) is 43.1. The van der Waals surface area contributed by atoms with Crippen LogP contribution in [0.4, 0.5) is 5.69 Å². The molecule has 250 valence electrons. The molecule has 1 aliphatic rings. The van der Waals surface area contributed by atoms with Crippen molar-refractivity contribution in [2.24, 2.45) is 11.1 Å². The minimum atomic E-state index is -0.432. The van der Waals surface area contributed by atoms with E-state index in [1.165, 1.54) is 18.9 Å². The molecule has 0 bridgehead atoms. The summed E-state index contributed by atoms with van der Waals surface area (Å²) in [6.45, 7) is 20.7. The van der Waals surface area contributed by atoms with E-state index in [-0.39, 0.29) is 47.7 Å². The zero-order chi connectivity index (χ0) is 34.9. The van der Waals surface area contributed by atoms with E-state index in [1.807, 2.05) is 59.7 Å². The second kappa shape index (κ2) is 25.3. The molecule has 2 aromatic carbocycles. The average molecular weight is 625 g/mol. The molecule has 8 nitrogen and oxygen atoms in total. The molecule has 1 atom stereocenters. The van der Waals surface area contributed by atoms with E-state index in [2.05, 4.69) is 45.7 Å². The number of rotatable bonds is 11. The van der Waals surface area contributed by atoms with Crippen LogP contribution in [0.25, 0.3) is 11.1 Å². The number of hydrogen-bond acceptors (Lipinski definition) is 7. The van der Waals surface area contributed by atoms with Crippen LogP contribution in [0.3, 0.4) is 0 Å². The lowest BCUT2D eigenvalue weighted by Crippen LogP contribution is -2.12. The third kappa shape index (κ3) is 15.0. The minimum Gasteiger partial charge on any atom is -0.466 e. The first-order chi connectivity index (χ1) is 21.6. The summed E-state index contributed by atoms with van der Waals surface area (Å²) in [6, 6.07) is 10.8. The number of benzene rings is 2. The van der Waals surface area contributed by atoms with Crippen molar-refractivity contribution in [2.75, 3.05) is 6.61 Å². The highest BCUT2D eigenvalue weighted by molar-refractivity contribution is 6.02. The molecule has 1 aliphatic carbocycles. The topological polar surface area (TPSA) is 108 Å². The molecule has 0 aliphatic heterocycles. The second-order valence-corrected chi connectivity index (χ2v) is 10.5. The van der Waals surface area contributed by atoms with Crippen LogP contribution in [-0.4, -0.2) is 29.2 Å². The predicted octanol–water partition coefficient (Wildman–Crippen LogP) is 10.3. The summed E-state index contributed by atoms with van der Waals surface area (Å²) >= 11 is 0. The molecule has 2 aromatic rings. The largest absolute Gasteiger partial charge is 0.466 e. The van der Waals surface area contributed by atoms with Crippen LogP contribution in [0.5, 0.6) is 0 Å². The number of nitro benzene ring substituents is 1. The van der Waals surface area contributed by atoms with E-state index >= 15 is 0 Å². The maximum atomic E-state index is 12.1. The molecular formula is C37H56N2O6. The molecular weight excluding hydrogens is 568 g/mol. The van der Waals surface area contributed by atoms with Gasteiger partial charge in [-0.1, -0.05) is 99.4 Å². The summed E-state index contributed by atoms with van der Waals surface area (Å²) in [5.41, 5.74) is 5.26. The van der Waals surface area contributed by atoms with Crippen LogP contribution in [0, 0.1) is 28.9 Å². The Bertz CT molecular complexity index is 1210. The molecule has 1 unspecified atom stereocenters. The Morgan fingerprint density at radius 1 is 0.889 bits per heavy atom. The summed E-state index contributed by atoms with van der Waals surface area (Å²) in [5, 5.41) is 15.4. The van der Waals surface area contributed by atoms with E-state index < -0.39 is 5.97 Å². The van der Waals surface area contributed by atoms with Gasteiger partial charge in [0.2, 0.25) is 0 Å². The molecule has 0 saturated carbocycles. The molecule has 0 amide bonds. The zero-order valence-corrected chi connectivity index (χ0v) is 29.3. The van der Waals surface area contributed by atoms with Gasteiger partial charge >= 0.3 is 11.9 Å². The Morgan fingerprint density at radius 2 is 1.42 bits per heavy atom. The predicted molar refractivity (Wildman–Crippen MR) is 186 cm³/mol. The maximum Gasteiger partial charge on any atom is 0.335 e. The smallest absolute Gasteiger partial charge is 0.335 e. The van der Waals surface area contributed by atoms with E-state index in [9.17, 15) is 19.7 Å². The molecule has 45 heavy (non-hydrogen) atoms. The fourth-order valence-electron chi connectivity index (χ4n) is 4.31. The van der Waals surface area contributed by atoms with Gasteiger partial charge in [0.25, 0.3) is 5.69 Å². The van der Waals surface area contributed by atoms with Crippen molar-refractivity contribution in [3.63, 3.8) is 0 Å². The van der Waals surface area contributed by atoms with Crippen LogP contribution >= 0.6 is 0 Å². The van der Waals surface area contributed by atoms with E-state index in [1.54, 1.807) is 12.1 Å². The van der Waals surface area contributed by atoms with Crippen molar-refractivity contribution in [1.82, 2.24) is 0 Å². The van der Waals surface area contributed by atoms with Crippen molar-refractivity contribution in [3.05, 3.63) is 63.2 Å². The number of terminal acetylenes is 1. The first-order valence-corrected chi connectivity index (χ1v) is 16.3. The molecule has 0 aromatic heterocycles. The van der Waals surface area contributed by atoms with Gasteiger partial charge in [0.1, 0.15) is 0 Å². The summed E-state index contributed by atoms with van der Waals surface area (Å²) in [6.07, 6.45) is 12.6. The number of nitro groups is 1. The van der Waals surface area contributed by atoms with Gasteiger partial charge < -0.3 is 9.57 Å². The number of carbonyl (C=O) groups excluding carboxylic acids is 2. The third-order valence-corrected chi connectivity index (χ3v) is 5.95. The Hall–Kier alpha value is -3.99. The molecule has 3 rings (SSSR count). The van der Waals surface area contributed by atoms with E-state index in [0.29, 0.717) is 12.3 Å². The van der Waals surface area contributed by atoms with Gasteiger partial charge in [-0.25, -0.2) is 4.79 Å². The quantitative estimate of drug-likeness (QED) is 0.0614. The molecule has 0 fully saturated rings. The maximum absolute atomic E-state index is 12.1. The number of nitrogens with zero attached hydrogens (tertiary/aromatic N) is 2. The monoisotopic (exact) mass is 624 g/mol. The number of esters is 1. The van der Waals surface area contributed by atoms with Crippen LogP contribution in [0.15, 0.2) is 41.6 Å². The van der Waals surface area contributed by atoms with Crippen LogP contribution in [-0.2, 0) is 19.2 Å². The Kier molecular flexibility index (Phi) is 24.3. The van der Waals surface area contributed by atoms with Gasteiger partial charge in [-0.15, -0.1) is 12.8 Å². The molecule has 8 heteroatoms. The number of ether oxygens (including phenoxy) is 1. The zero-order valence-electron chi connectivity index (χ0n) is 29.3. The Labute approximate surface area is 272 Å². The van der Waals surface area contributed by atoms with Crippen molar-refractivity contribution < 1.29 is 24.1 Å². The van der Waals surface area contributed by atoms with Crippen LogP contribution in [0.1, 0.15) is 137 Å². The molecule has 0 radical (unpaired) electrons. The number of carbonyl (C=O) groups is 2. The molecule has 0 N–H and O–H groups in total. The number of hydrogen-bond donors (Lipinski definition) is 0.